The number of pyridine rings is 1. The van der Waals surface area contributed by atoms with Gasteiger partial charge in [-0.25, -0.2) is 13.8 Å². The second-order valence-corrected chi connectivity index (χ2v) is 5.16. The molecular formula is C17H10ClF2NO2. The minimum atomic E-state index is -0.929. The summed E-state index contributed by atoms with van der Waals surface area (Å²) < 4.78 is 33.1. The molecule has 3 aromatic rings. The maximum atomic E-state index is 14.0. The van der Waals surface area contributed by atoms with Gasteiger partial charge in [-0.15, -0.1) is 0 Å². The Kier molecular flexibility index (Phi) is 3.96. The van der Waals surface area contributed by atoms with Gasteiger partial charge in [0.05, 0.1) is 23.9 Å². The van der Waals surface area contributed by atoms with Crippen LogP contribution >= 0.6 is 11.6 Å². The Morgan fingerprint density at radius 3 is 2.52 bits per heavy atom. The Labute approximate surface area is 135 Å². The smallest absolute Gasteiger partial charge is 0.255 e. The highest BCUT2D eigenvalue weighted by atomic mass is 35.5. The zero-order valence-corrected chi connectivity index (χ0v) is 12.7. The lowest BCUT2D eigenvalue weighted by Gasteiger charge is -2.10. The average Bonchev–Trinajstić information content (AvgIpc) is 2.53. The van der Waals surface area contributed by atoms with Crippen molar-refractivity contribution in [3.8, 4) is 17.0 Å². The summed E-state index contributed by atoms with van der Waals surface area (Å²) in [6.07, 6.45) is 0. The first-order chi connectivity index (χ1) is 11.0. The van der Waals surface area contributed by atoms with Crippen molar-refractivity contribution in [2.24, 2.45) is 0 Å². The summed E-state index contributed by atoms with van der Waals surface area (Å²) in [5.41, 5.74) is 0.579. The summed E-state index contributed by atoms with van der Waals surface area (Å²) in [4.78, 5) is 15.6. The number of ether oxygens (including phenoxy) is 1. The van der Waals surface area contributed by atoms with Gasteiger partial charge in [0.1, 0.15) is 17.4 Å². The normalized spacial score (nSPS) is 10.8. The fraction of sp³-hybridized carbons (Fsp3) is 0.0588. The van der Waals surface area contributed by atoms with Crippen LogP contribution in [0.1, 0.15) is 10.4 Å². The summed E-state index contributed by atoms with van der Waals surface area (Å²) in [6, 6.07) is 10.00. The fourth-order valence-corrected chi connectivity index (χ4v) is 2.49. The summed E-state index contributed by atoms with van der Waals surface area (Å²) in [6.45, 7) is 0. The van der Waals surface area contributed by atoms with Crippen molar-refractivity contribution in [1.82, 2.24) is 4.98 Å². The first kappa shape index (κ1) is 15.4. The van der Waals surface area contributed by atoms with Crippen LogP contribution in [0, 0.1) is 11.6 Å². The number of fused-ring (bicyclic) bond motifs is 1. The molecule has 1 aromatic heterocycles. The Morgan fingerprint density at radius 2 is 1.87 bits per heavy atom. The van der Waals surface area contributed by atoms with Crippen LogP contribution in [0.5, 0.6) is 5.75 Å². The van der Waals surface area contributed by atoms with Crippen molar-refractivity contribution in [2.75, 3.05) is 7.11 Å². The monoisotopic (exact) mass is 333 g/mol. The van der Waals surface area contributed by atoms with E-state index in [2.05, 4.69) is 4.98 Å². The Morgan fingerprint density at radius 1 is 1.13 bits per heavy atom. The third-order valence-corrected chi connectivity index (χ3v) is 3.64. The van der Waals surface area contributed by atoms with E-state index < -0.39 is 16.9 Å². The van der Waals surface area contributed by atoms with Gasteiger partial charge in [0.25, 0.3) is 5.24 Å². The van der Waals surface area contributed by atoms with Gasteiger partial charge in [-0.05, 0) is 35.9 Å². The minimum absolute atomic E-state index is 0.274. The molecule has 0 amide bonds. The number of halogens is 3. The number of hydrogen-bond acceptors (Lipinski definition) is 3. The highest BCUT2D eigenvalue weighted by Gasteiger charge is 2.16. The van der Waals surface area contributed by atoms with Gasteiger partial charge in [0.2, 0.25) is 0 Å². The number of carbonyl (C=O) groups is 1. The van der Waals surface area contributed by atoms with Gasteiger partial charge in [0, 0.05) is 17.0 Å². The van der Waals surface area contributed by atoms with E-state index in [-0.39, 0.29) is 16.6 Å². The van der Waals surface area contributed by atoms with Crippen LogP contribution in [-0.2, 0) is 0 Å². The quantitative estimate of drug-likeness (QED) is 0.659. The van der Waals surface area contributed by atoms with Gasteiger partial charge in [0.15, 0.2) is 0 Å². The van der Waals surface area contributed by atoms with E-state index in [1.807, 2.05) is 0 Å². The fourth-order valence-electron chi connectivity index (χ4n) is 2.34. The van der Waals surface area contributed by atoms with Crippen LogP contribution in [0.15, 0.2) is 42.5 Å². The van der Waals surface area contributed by atoms with Crippen LogP contribution in [0.25, 0.3) is 22.2 Å². The number of nitrogens with zero attached hydrogens (tertiary/aromatic N) is 1. The number of hydrogen-bond donors (Lipinski definition) is 0. The van der Waals surface area contributed by atoms with E-state index in [9.17, 15) is 13.6 Å². The number of benzene rings is 2. The average molecular weight is 334 g/mol. The van der Waals surface area contributed by atoms with Gasteiger partial charge < -0.3 is 4.74 Å². The molecule has 3 rings (SSSR count). The third-order valence-electron chi connectivity index (χ3n) is 3.44. The minimum Gasteiger partial charge on any atom is -0.496 e. The van der Waals surface area contributed by atoms with E-state index in [1.54, 1.807) is 18.2 Å². The van der Waals surface area contributed by atoms with Crippen molar-refractivity contribution in [2.45, 2.75) is 0 Å². The molecular weight excluding hydrogens is 324 g/mol. The number of rotatable bonds is 3. The molecule has 0 saturated carbocycles. The van der Waals surface area contributed by atoms with Crippen molar-refractivity contribution in [3.05, 3.63) is 59.7 Å². The molecule has 0 saturated heterocycles. The maximum Gasteiger partial charge on any atom is 0.255 e. The van der Waals surface area contributed by atoms with Gasteiger partial charge in [-0.1, -0.05) is 12.1 Å². The van der Waals surface area contributed by atoms with E-state index in [0.717, 1.165) is 6.07 Å². The Hall–Kier alpha value is -2.53. The molecule has 0 aliphatic heterocycles. The van der Waals surface area contributed by atoms with Crippen molar-refractivity contribution < 1.29 is 18.3 Å². The first-order valence-corrected chi connectivity index (χ1v) is 7.02. The van der Waals surface area contributed by atoms with E-state index in [0.29, 0.717) is 16.8 Å². The number of methoxy groups -OCH3 is 1. The second kappa shape index (κ2) is 5.93. The van der Waals surface area contributed by atoms with Crippen LogP contribution in [-0.4, -0.2) is 17.3 Å². The zero-order chi connectivity index (χ0) is 16.6. The largest absolute Gasteiger partial charge is 0.496 e. The molecule has 116 valence electrons. The molecule has 1 heterocycles. The molecule has 0 radical (unpaired) electrons. The highest BCUT2D eigenvalue weighted by Crippen LogP contribution is 2.32. The van der Waals surface area contributed by atoms with Crippen molar-refractivity contribution >= 4 is 27.7 Å². The topological polar surface area (TPSA) is 39.2 Å². The molecule has 0 atom stereocenters. The molecule has 0 unspecified atom stereocenters. The lowest BCUT2D eigenvalue weighted by Crippen LogP contribution is -1.98. The van der Waals surface area contributed by atoms with Crippen molar-refractivity contribution in [1.29, 1.82) is 0 Å². The first-order valence-electron chi connectivity index (χ1n) is 6.64. The van der Waals surface area contributed by atoms with E-state index >= 15 is 0 Å². The molecule has 0 N–H and O–H groups in total. The molecule has 3 nitrogen and oxygen atoms in total. The SMILES string of the molecule is COc1cc(-c2ccccc2F)nc2cc(C(=O)Cl)c(F)cc12. The Bertz CT molecular complexity index is 928. The van der Waals surface area contributed by atoms with Crippen LogP contribution in [0.2, 0.25) is 0 Å². The van der Waals surface area contributed by atoms with Crippen LogP contribution < -0.4 is 4.74 Å². The van der Waals surface area contributed by atoms with E-state index in [4.69, 9.17) is 16.3 Å². The predicted molar refractivity (Wildman–Crippen MR) is 83.8 cm³/mol. The Balaban J connectivity index is 2.32. The van der Waals surface area contributed by atoms with Gasteiger partial charge >= 0.3 is 0 Å². The molecule has 0 aliphatic rings. The zero-order valence-electron chi connectivity index (χ0n) is 11.9. The summed E-state index contributed by atoms with van der Waals surface area (Å²) >= 11 is 5.37. The molecule has 0 spiro atoms. The third kappa shape index (κ3) is 2.75. The lowest BCUT2D eigenvalue weighted by molar-refractivity contribution is 0.107. The standard InChI is InChI=1S/C17H10ClF2NO2/c1-23-16-8-15(9-4-2-3-5-12(9)19)21-14-7-10(17(18)22)13(20)6-11(14)16/h2-8H,1H3. The molecule has 0 fully saturated rings. The van der Waals surface area contributed by atoms with Crippen LogP contribution in [0.4, 0.5) is 8.78 Å². The van der Waals surface area contributed by atoms with Crippen LogP contribution in [0.3, 0.4) is 0 Å². The number of carbonyl (C=O) groups excluding carboxylic acids is 1. The van der Waals surface area contributed by atoms with Gasteiger partial charge in [-0.3, -0.25) is 4.79 Å². The van der Waals surface area contributed by atoms with Gasteiger partial charge in [-0.2, -0.15) is 0 Å². The van der Waals surface area contributed by atoms with Crippen molar-refractivity contribution in [3.63, 3.8) is 0 Å². The highest BCUT2D eigenvalue weighted by molar-refractivity contribution is 6.67. The van der Waals surface area contributed by atoms with E-state index in [1.165, 1.54) is 25.3 Å². The molecule has 2 aromatic carbocycles. The summed E-state index contributed by atoms with van der Waals surface area (Å²) in [5, 5.41) is -0.562. The summed E-state index contributed by atoms with van der Waals surface area (Å²) in [5.74, 6) is -0.894. The number of aromatic nitrogens is 1. The molecule has 23 heavy (non-hydrogen) atoms. The molecule has 0 aliphatic carbocycles. The predicted octanol–water partition coefficient (Wildman–Crippen LogP) is 4.57. The summed E-state index contributed by atoms with van der Waals surface area (Å²) in [7, 11) is 1.42. The lowest BCUT2D eigenvalue weighted by atomic mass is 10.1. The maximum absolute atomic E-state index is 14.0. The molecule has 0 bridgehead atoms. The second-order valence-electron chi connectivity index (χ2n) is 4.81. The molecule has 6 heteroatoms.